The van der Waals surface area contributed by atoms with E-state index in [1.807, 2.05) is 0 Å². The van der Waals surface area contributed by atoms with E-state index in [2.05, 4.69) is 39.9 Å². The highest BCUT2D eigenvalue weighted by Gasteiger charge is 2.25. The summed E-state index contributed by atoms with van der Waals surface area (Å²) in [5.41, 5.74) is 5.07. The highest BCUT2D eigenvalue weighted by Crippen LogP contribution is 2.33. The number of nitrogens with one attached hydrogen (secondary N) is 2. The number of nitrogens with zero attached hydrogens (tertiary/aromatic N) is 1. The molecule has 0 radical (unpaired) electrons. The van der Waals surface area contributed by atoms with Gasteiger partial charge in [0.05, 0.1) is 12.3 Å². The average molecular weight is 356 g/mol. The molecule has 1 aromatic carbocycles. The summed E-state index contributed by atoms with van der Waals surface area (Å²) in [7, 11) is 0. The molecule has 2 aliphatic rings. The predicted octanol–water partition coefficient (Wildman–Crippen LogP) is 3.83. The van der Waals surface area contributed by atoms with Crippen molar-refractivity contribution in [3.63, 3.8) is 0 Å². The molecule has 0 spiro atoms. The van der Waals surface area contributed by atoms with E-state index < -0.39 is 0 Å². The molecular weight excluding hydrogens is 330 g/mol. The van der Waals surface area contributed by atoms with E-state index in [-0.39, 0.29) is 6.61 Å². The van der Waals surface area contributed by atoms with Gasteiger partial charge in [-0.15, -0.1) is 11.3 Å². The number of fused-ring (bicyclic) bond motifs is 2. The van der Waals surface area contributed by atoms with Crippen molar-refractivity contribution in [2.45, 2.75) is 44.8 Å². The highest BCUT2D eigenvalue weighted by atomic mass is 32.1. The molecule has 3 heterocycles. The van der Waals surface area contributed by atoms with Gasteiger partial charge in [0.15, 0.2) is 0 Å². The van der Waals surface area contributed by atoms with E-state index in [1.165, 1.54) is 29.7 Å². The van der Waals surface area contributed by atoms with Crippen LogP contribution >= 0.6 is 11.3 Å². The predicted molar refractivity (Wildman–Crippen MR) is 104 cm³/mol. The molecule has 4 rings (SSSR count). The van der Waals surface area contributed by atoms with Crippen LogP contribution in [0, 0.1) is 5.41 Å². The number of anilines is 1. The monoisotopic (exact) mass is 355 g/mol. The van der Waals surface area contributed by atoms with Crippen molar-refractivity contribution < 1.29 is 5.11 Å². The van der Waals surface area contributed by atoms with Crippen LogP contribution in [-0.4, -0.2) is 34.9 Å². The first-order valence-corrected chi connectivity index (χ1v) is 10.0. The third-order valence-corrected chi connectivity index (χ3v) is 6.37. The second-order valence-electron chi connectivity index (χ2n) is 6.96. The number of aliphatic hydroxyl groups is 1. The molecule has 0 bridgehead atoms. The van der Waals surface area contributed by atoms with E-state index in [9.17, 15) is 5.11 Å². The van der Waals surface area contributed by atoms with Gasteiger partial charge in [0.2, 0.25) is 0 Å². The highest BCUT2D eigenvalue weighted by molar-refractivity contribution is 7.10. The summed E-state index contributed by atoms with van der Waals surface area (Å²) in [5, 5.41) is 23.7. The van der Waals surface area contributed by atoms with E-state index in [4.69, 9.17) is 5.41 Å². The van der Waals surface area contributed by atoms with Gasteiger partial charge in [-0.3, -0.25) is 10.3 Å². The minimum absolute atomic E-state index is 0.261. The van der Waals surface area contributed by atoms with Crippen LogP contribution in [0.1, 0.15) is 47.3 Å². The van der Waals surface area contributed by atoms with Crippen molar-refractivity contribution in [3.8, 4) is 0 Å². The third kappa shape index (κ3) is 3.24. The second-order valence-corrected chi connectivity index (χ2v) is 7.96. The molecule has 25 heavy (non-hydrogen) atoms. The lowest BCUT2D eigenvalue weighted by Crippen LogP contribution is -2.39. The Bertz CT molecular complexity index is 768. The van der Waals surface area contributed by atoms with Crippen LogP contribution in [0.15, 0.2) is 29.6 Å². The molecule has 1 atom stereocenters. The van der Waals surface area contributed by atoms with Gasteiger partial charge < -0.3 is 10.4 Å². The minimum Gasteiger partial charge on any atom is -0.396 e. The summed E-state index contributed by atoms with van der Waals surface area (Å²) < 4.78 is 0. The fourth-order valence-electron chi connectivity index (χ4n) is 4.13. The number of aliphatic hydroxyl groups excluding tert-OH is 1. The molecule has 2 aromatic rings. The smallest absolute Gasteiger partial charge is 0.0717 e. The number of hydrogen-bond acceptors (Lipinski definition) is 5. The first-order chi connectivity index (χ1) is 12.3. The lowest BCUT2D eigenvalue weighted by molar-refractivity contribution is 0.112. The number of benzene rings is 1. The first-order valence-electron chi connectivity index (χ1n) is 9.14. The van der Waals surface area contributed by atoms with E-state index in [0.29, 0.717) is 11.8 Å². The zero-order chi connectivity index (χ0) is 17.2. The zero-order valence-electron chi connectivity index (χ0n) is 14.4. The zero-order valence-corrected chi connectivity index (χ0v) is 15.2. The minimum atomic E-state index is 0.261. The van der Waals surface area contributed by atoms with Gasteiger partial charge in [0, 0.05) is 40.9 Å². The Morgan fingerprint density at radius 1 is 1.24 bits per heavy atom. The maximum atomic E-state index is 9.38. The summed E-state index contributed by atoms with van der Waals surface area (Å²) in [4.78, 5) is 3.75. The Balaban J connectivity index is 1.63. The lowest BCUT2D eigenvalue weighted by Gasteiger charge is -2.36. The summed E-state index contributed by atoms with van der Waals surface area (Å²) >= 11 is 1.72. The van der Waals surface area contributed by atoms with E-state index in [0.717, 1.165) is 42.9 Å². The number of hydrogen-bond donors (Lipinski definition) is 3. The van der Waals surface area contributed by atoms with Crippen molar-refractivity contribution in [2.24, 2.45) is 0 Å². The Kier molecular flexibility index (Phi) is 4.88. The van der Waals surface area contributed by atoms with Crippen LogP contribution in [0.25, 0.3) is 0 Å². The van der Waals surface area contributed by atoms with Gasteiger partial charge in [-0.2, -0.15) is 0 Å². The van der Waals surface area contributed by atoms with Gasteiger partial charge in [-0.25, -0.2) is 0 Å². The van der Waals surface area contributed by atoms with Crippen molar-refractivity contribution in [2.75, 3.05) is 18.5 Å². The molecule has 0 saturated carbocycles. The number of piperidine rings is 1. The SMILES string of the molecule is N=C1c2ccsc2CNc2c(CN3CCCCC3CCO)cccc21. The van der Waals surface area contributed by atoms with Crippen LogP contribution < -0.4 is 5.32 Å². The number of rotatable bonds is 4. The van der Waals surface area contributed by atoms with Gasteiger partial charge in [-0.1, -0.05) is 24.6 Å². The molecule has 1 fully saturated rings. The topological polar surface area (TPSA) is 59.4 Å². The molecule has 1 unspecified atom stereocenters. The Hall–Kier alpha value is -1.69. The maximum absolute atomic E-state index is 9.38. The fraction of sp³-hybridized carbons (Fsp3) is 0.450. The molecule has 5 heteroatoms. The Labute approximate surface area is 153 Å². The number of likely N-dealkylation sites (tertiary alicyclic amines) is 1. The summed E-state index contributed by atoms with van der Waals surface area (Å²) in [6.45, 7) is 3.04. The molecule has 3 N–H and O–H groups in total. The Morgan fingerprint density at radius 3 is 3.04 bits per heavy atom. The summed E-state index contributed by atoms with van der Waals surface area (Å²) in [6, 6.07) is 8.85. The lowest BCUT2D eigenvalue weighted by atomic mass is 9.96. The first kappa shape index (κ1) is 16.8. The van der Waals surface area contributed by atoms with Gasteiger partial charge in [-0.05, 0) is 42.8 Å². The van der Waals surface area contributed by atoms with Crippen molar-refractivity contribution >= 4 is 22.7 Å². The van der Waals surface area contributed by atoms with Gasteiger partial charge >= 0.3 is 0 Å². The standard InChI is InChI=1S/C20H25N3OS/c21-19-16-8-11-25-18(16)12-22-20-14(4-3-6-17(19)20)13-23-9-2-1-5-15(23)7-10-24/h3-4,6,8,11,15,21-22,24H,1-2,5,7,9-10,12-13H2. The van der Waals surface area contributed by atoms with Crippen LogP contribution in [0.3, 0.4) is 0 Å². The molecule has 4 nitrogen and oxygen atoms in total. The van der Waals surface area contributed by atoms with E-state index >= 15 is 0 Å². The average Bonchev–Trinajstić information content (AvgIpc) is 3.05. The third-order valence-electron chi connectivity index (χ3n) is 5.45. The van der Waals surface area contributed by atoms with Crippen LogP contribution in [0.2, 0.25) is 0 Å². The van der Waals surface area contributed by atoms with E-state index in [1.54, 1.807) is 11.3 Å². The summed E-state index contributed by atoms with van der Waals surface area (Å²) in [5.74, 6) is 0. The Morgan fingerprint density at radius 2 is 2.16 bits per heavy atom. The van der Waals surface area contributed by atoms with Crippen LogP contribution in [-0.2, 0) is 13.1 Å². The maximum Gasteiger partial charge on any atom is 0.0717 e. The molecule has 1 saturated heterocycles. The quantitative estimate of drug-likeness (QED) is 0.781. The molecular formula is C20H25N3OS. The number of thiophene rings is 1. The second kappa shape index (κ2) is 7.28. The molecule has 132 valence electrons. The fourth-order valence-corrected chi connectivity index (χ4v) is 4.95. The van der Waals surface area contributed by atoms with Gasteiger partial charge in [0.1, 0.15) is 0 Å². The normalized spacial score (nSPS) is 20.5. The van der Waals surface area contributed by atoms with Crippen molar-refractivity contribution in [1.82, 2.24) is 4.90 Å². The van der Waals surface area contributed by atoms with Gasteiger partial charge in [0.25, 0.3) is 0 Å². The van der Waals surface area contributed by atoms with Crippen LogP contribution in [0.4, 0.5) is 5.69 Å². The summed E-state index contributed by atoms with van der Waals surface area (Å²) in [6.07, 6.45) is 4.53. The number of para-hydroxylation sites is 1. The molecule has 0 amide bonds. The molecule has 0 aliphatic carbocycles. The molecule has 2 aliphatic heterocycles. The van der Waals surface area contributed by atoms with Crippen molar-refractivity contribution in [1.29, 1.82) is 5.41 Å². The largest absolute Gasteiger partial charge is 0.396 e. The molecule has 1 aromatic heterocycles. The van der Waals surface area contributed by atoms with Crippen molar-refractivity contribution in [3.05, 3.63) is 51.2 Å². The van der Waals surface area contributed by atoms with Crippen LogP contribution in [0.5, 0.6) is 0 Å².